The van der Waals surface area contributed by atoms with E-state index in [-0.39, 0.29) is 36.4 Å². The van der Waals surface area contributed by atoms with Gasteiger partial charge in [-0.25, -0.2) is 0 Å². The van der Waals surface area contributed by atoms with Crippen LogP contribution in [0.15, 0.2) is 36.4 Å². The van der Waals surface area contributed by atoms with Crippen molar-refractivity contribution in [2.24, 2.45) is 0 Å². The zero-order chi connectivity index (χ0) is 24.2. The molecule has 0 spiro atoms. The summed E-state index contributed by atoms with van der Waals surface area (Å²) in [6, 6.07) is -0.531. The van der Waals surface area contributed by atoms with Gasteiger partial charge in [0.05, 0.1) is 22.3 Å². The Morgan fingerprint density at radius 1 is 0.419 bits per heavy atom. The summed E-state index contributed by atoms with van der Waals surface area (Å²) < 4.78 is 156. The molecule has 13 heteroatoms. The van der Waals surface area contributed by atoms with E-state index in [1.54, 1.807) is 0 Å². The van der Waals surface area contributed by atoms with Crippen molar-refractivity contribution in [2.45, 2.75) is 37.2 Å². The molecule has 2 aromatic carbocycles. The lowest BCUT2D eigenvalue weighted by Gasteiger charge is -2.28. The van der Waals surface area contributed by atoms with Crippen LogP contribution in [-0.2, 0) is 30.3 Å². The minimum Gasteiger partial charge on any atom is -0.381 e. The molecule has 0 unspecified atom stereocenters. The number of benzene rings is 2. The highest BCUT2D eigenvalue weighted by Gasteiger charge is 2.42. The summed E-state index contributed by atoms with van der Waals surface area (Å²) in [5.41, 5.74) is -13.1. The van der Waals surface area contributed by atoms with Gasteiger partial charge >= 0.3 is 24.7 Å². The molecule has 2 rings (SSSR count). The average Bonchev–Trinajstić information content (AvgIpc) is 2.58. The van der Waals surface area contributed by atoms with Gasteiger partial charge in [-0.3, -0.25) is 0 Å². The quantitative estimate of drug-likeness (QED) is 0.468. The van der Waals surface area contributed by atoms with E-state index in [1.165, 1.54) is 0 Å². The van der Waals surface area contributed by atoms with Gasteiger partial charge in [0.15, 0.2) is 0 Å². The highest BCUT2D eigenvalue weighted by Crippen LogP contribution is 2.43. The van der Waals surface area contributed by atoms with Gasteiger partial charge in [0, 0.05) is 0 Å². The predicted molar refractivity (Wildman–Crippen MR) is 81.6 cm³/mol. The van der Waals surface area contributed by atoms with Crippen LogP contribution < -0.4 is 0 Å². The van der Waals surface area contributed by atoms with E-state index in [4.69, 9.17) is 0 Å². The van der Waals surface area contributed by atoms with Crippen LogP contribution in [0.3, 0.4) is 0 Å². The second kappa shape index (κ2) is 7.31. The maximum absolute atomic E-state index is 13.0. The van der Waals surface area contributed by atoms with E-state index in [1.807, 2.05) is 0 Å². The smallest absolute Gasteiger partial charge is 0.381 e. The summed E-state index contributed by atoms with van der Waals surface area (Å²) in [5.74, 6) is 0. The molecule has 0 aliphatic rings. The Hall–Kier alpha value is -2.44. The molecule has 0 radical (unpaired) electrons. The number of alkyl halides is 12. The number of halogens is 12. The van der Waals surface area contributed by atoms with Crippen molar-refractivity contribution in [3.8, 4) is 0 Å². The summed E-state index contributed by atoms with van der Waals surface area (Å²) in [4.78, 5) is 0. The van der Waals surface area contributed by atoms with Crippen LogP contribution in [0.25, 0.3) is 0 Å². The zero-order valence-electron chi connectivity index (χ0n) is 14.9. The third-order valence-electron chi connectivity index (χ3n) is 4.30. The first kappa shape index (κ1) is 24.8. The van der Waals surface area contributed by atoms with Crippen molar-refractivity contribution in [1.82, 2.24) is 0 Å². The van der Waals surface area contributed by atoms with Crippen LogP contribution in [0.5, 0.6) is 0 Å². The fourth-order valence-corrected chi connectivity index (χ4v) is 2.64. The minimum atomic E-state index is -5.35. The number of hydrogen-bond acceptors (Lipinski definition) is 1. The van der Waals surface area contributed by atoms with Crippen LogP contribution in [0.1, 0.15) is 40.3 Å². The monoisotopic (exact) mass is 470 g/mol. The molecule has 0 aliphatic heterocycles. The molecule has 0 heterocycles. The molecule has 172 valence electrons. The van der Waals surface area contributed by atoms with Gasteiger partial charge in [0.1, 0.15) is 5.60 Å². The van der Waals surface area contributed by atoms with E-state index in [0.29, 0.717) is 6.92 Å². The van der Waals surface area contributed by atoms with Gasteiger partial charge in [-0.2, -0.15) is 52.7 Å². The first-order chi connectivity index (χ1) is 13.6. The molecule has 1 nitrogen and oxygen atoms in total. The van der Waals surface area contributed by atoms with Gasteiger partial charge in [-0.05, 0) is 54.4 Å². The maximum Gasteiger partial charge on any atom is 0.416 e. The zero-order valence-corrected chi connectivity index (χ0v) is 14.9. The molecule has 1 N–H and O–H groups in total. The molecule has 0 bridgehead atoms. The van der Waals surface area contributed by atoms with Crippen LogP contribution in [0, 0.1) is 0 Å². The molecular weight excluding hydrogens is 460 g/mol. The Labute approximate surface area is 165 Å². The molecule has 0 aromatic heterocycles. The first-order valence-electron chi connectivity index (χ1n) is 7.96. The molecule has 0 aliphatic carbocycles. The van der Waals surface area contributed by atoms with Gasteiger partial charge < -0.3 is 5.11 Å². The largest absolute Gasteiger partial charge is 0.416 e. The highest BCUT2D eigenvalue weighted by atomic mass is 19.4. The second-order valence-corrected chi connectivity index (χ2v) is 6.66. The Kier molecular flexibility index (Phi) is 5.86. The number of rotatable bonds is 2. The van der Waals surface area contributed by atoms with Crippen LogP contribution in [0.4, 0.5) is 52.7 Å². The van der Waals surface area contributed by atoms with E-state index in [0.717, 1.165) is 0 Å². The fourth-order valence-electron chi connectivity index (χ4n) is 2.64. The molecule has 0 fully saturated rings. The molecule has 0 saturated carbocycles. The summed E-state index contributed by atoms with van der Waals surface area (Å²) in [6.45, 7) is 0.484. The second-order valence-electron chi connectivity index (χ2n) is 6.66. The summed E-state index contributed by atoms with van der Waals surface area (Å²) in [5, 5.41) is 10.5. The van der Waals surface area contributed by atoms with Crippen molar-refractivity contribution in [3.05, 3.63) is 69.8 Å². The van der Waals surface area contributed by atoms with E-state index in [9.17, 15) is 57.8 Å². The molecule has 0 saturated heterocycles. The van der Waals surface area contributed by atoms with Gasteiger partial charge in [-0.1, -0.05) is 0 Å². The number of hydrogen-bond donors (Lipinski definition) is 1. The van der Waals surface area contributed by atoms with Crippen LogP contribution >= 0.6 is 0 Å². The predicted octanol–water partition coefficient (Wildman–Crippen LogP) is 7.02. The van der Waals surface area contributed by atoms with Gasteiger partial charge in [-0.15, -0.1) is 0 Å². The summed E-state index contributed by atoms with van der Waals surface area (Å²) in [7, 11) is 0. The van der Waals surface area contributed by atoms with E-state index in [2.05, 4.69) is 0 Å². The summed E-state index contributed by atoms with van der Waals surface area (Å²) >= 11 is 0. The Morgan fingerprint density at radius 3 is 0.742 bits per heavy atom. The molecule has 31 heavy (non-hydrogen) atoms. The van der Waals surface area contributed by atoms with E-state index < -0.39 is 63.7 Å². The van der Waals surface area contributed by atoms with Gasteiger partial charge in [0.25, 0.3) is 0 Å². The third-order valence-corrected chi connectivity index (χ3v) is 4.30. The molecule has 0 atom stereocenters. The van der Waals surface area contributed by atoms with Crippen molar-refractivity contribution >= 4 is 0 Å². The van der Waals surface area contributed by atoms with Crippen molar-refractivity contribution in [3.63, 3.8) is 0 Å². The lowest BCUT2D eigenvalue weighted by atomic mass is 9.84. The Balaban J connectivity index is 2.83. The fraction of sp³-hybridized carbons (Fsp3) is 0.333. The lowest BCUT2D eigenvalue weighted by Crippen LogP contribution is -2.26. The Morgan fingerprint density at radius 2 is 0.581 bits per heavy atom. The van der Waals surface area contributed by atoms with Crippen LogP contribution in [0.2, 0.25) is 0 Å². The molecule has 0 amide bonds. The lowest BCUT2D eigenvalue weighted by molar-refractivity contribution is -0.144. The summed E-state index contributed by atoms with van der Waals surface area (Å²) in [6.07, 6.45) is -21.4. The topological polar surface area (TPSA) is 20.2 Å². The highest BCUT2D eigenvalue weighted by molar-refractivity contribution is 5.45. The van der Waals surface area contributed by atoms with Crippen molar-refractivity contribution < 1.29 is 57.8 Å². The first-order valence-corrected chi connectivity index (χ1v) is 7.96. The van der Waals surface area contributed by atoms with Crippen molar-refractivity contribution in [1.29, 1.82) is 0 Å². The third kappa shape index (κ3) is 5.43. The number of aliphatic hydroxyl groups is 1. The van der Waals surface area contributed by atoms with Crippen molar-refractivity contribution in [2.75, 3.05) is 0 Å². The Bertz CT molecular complexity index is 819. The van der Waals surface area contributed by atoms with Crippen LogP contribution in [-0.4, -0.2) is 5.11 Å². The molecular formula is C18H10F12O. The minimum absolute atomic E-state index is 0.0166. The molecule has 2 aromatic rings. The van der Waals surface area contributed by atoms with E-state index >= 15 is 0 Å². The van der Waals surface area contributed by atoms with Gasteiger partial charge in [0.2, 0.25) is 0 Å². The normalized spacial score (nSPS) is 14.1. The SMILES string of the molecule is CC(O)(c1cc(C(F)(F)F)cc(C(F)(F)F)c1)c1cc(C(F)(F)F)cc(C(F)(F)F)c1. The maximum atomic E-state index is 13.0. The standard InChI is InChI=1S/C18H10F12O/c1-14(31,8-2-10(15(19,20)21)6-11(3-8)16(22,23)24)9-4-12(17(25,26)27)7-13(5-9)18(28,29)30/h2-7,31H,1H3. The average molecular weight is 470 g/mol.